The van der Waals surface area contributed by atoms with Gasteiger partial charge >= 0.3 is 0 Å². The minimum Gasteiger partial charge on any atom is -0.389 e. The number of rotatable bonds is 5. The van der Waals surface area contributed by atoms with Gasteiger partial charge in [0.1, 0.15) is 5.82 Å². The zero-order chi connectivity index (χ0) is 12.1. The molecular formula is C13H19FOS. The van der Waals surface area contributed by atoms with Gasteiger partial charge in [-0.2, -0.15) is 0 Å². The van der Waals surface area contributed by atoms with Crippen LogP contribution in [0, 0.1) is 11.7 Å². The predicted octanol–water partition coefficient (Wildman–Crippen LogP) is 4.02. The van der Waals surface area contributed by atoms with Gasteiger partial charge in [-0.3, -0.25) is 0 Å². The molecule has 16 heavy (non-hydrogen) atoms. The van der Waals surface area contributed by atoms with Crippen molar-refractivity contribution >= 4 is 11.8 Å². The van der Waals surface area contributed by atoms with Crippen molar-refractivity contribution in [3.05, 3.63) is 29.6 Å². The molecule has 0 amide bonds. The van der Waals surface area contributed by atoms with Gasteiger partial charge in [-0.25, -0.2) is 4.39 Å². The molecule has 1 aromatic rings. The SMILES string of the molecule is CC(C)CCSc1ccc(F)cc1[C@H](C)O. The van der Waals surface area contributed by atoms with E-state index in [2.05, 4.69) is 13.8 Å². The first-order chi connectivity index (χ1) is 7.50. The molecule has 1 aromatic carbocycles. The van der Waals surface area contributed by atoms with Gasteiger partial charge in [-0.1, -0.05) is 13.8 Å². The Balaban J connectivity index is 2.71. The Morgan fingerprint density at radius 1 is 1.31 bits per heavy atom. The lowest BCUT2D eigenvalue weighted by molar-refractivity contribution is 0.196. The number of hydrogen-bond acceptors (Lipinski definition) is 2. The quantitative estimate of drug-likeness (QED) is 0.787. The second-order valence-corrected chi connectivity index (χ2v) is 5.53. The molecule has 0 saturated heterocycles. The lowest BCUT2D eigenvalue weighted by Gasteiger charge is -2.12. The lowest BCUT2D eigenvalue weighted by atomic mass is 10.1. The Hall–Kier alpha value is -0.540. The van der Waals surface area contributed by atoms with E-state index in [1.54, 1.807) is 24.8 Å². The third kappa shape index (κ3) is 4.14. The van der Waals surface area contributed by atoms with Crippen LogP contribution in [0.4, 0.5) is 4.39 Å². The van der Waals surface area contributed by atoms with Crippen LogP contribution in [-0.2, 0) is 0 Å². The molecular weight excluding hydrogens is 223 g/mol. The second kappa shape index (κ2) is 6.26. The van der Waals surface area contributed by atoms with E-state index in [9.17, 15) is 9.50 Å². The minimum atomic E-state index is -0.614. The Kier molecular flexibility index (Phi) is 5.29. The maximum atomic E-state index is 13.0. The molecule has 0 aliphatic rings. The Morgan fingerprint density at radius 2 is 2.00 bits per heavy atom. The fraction of sp³-hybridized carbons (Fsp3) is 0.538. The maximum Gasteiger partial charge on any atom is 0.123 e. The van der Waals surface area contributed by atoms with Gasteiger partial charge in [0, 0.05) is 4.90 Å². The largest absolute Gasteiger partial charge is 0.389 e. The van der Waals surface area contributed by atoms with E-state index in [4.69, 9.17) is 0 Å². The average molecular weight is 242 g/mol. The number of aliphatic hydroxyl groups excluding tert-OH is 1. The summed E-state index contributed by atoms with van der Waals surface area (Å²) in [6.07, 6.45) is 0.513. The van der Waals surface area contributed by atoms with Crippen molar-refractivity contribution in [2.45, 2.75) is 38.2 Å². The minimum absolute atomic E-state index is 0.288. The number of thioether (sulfide) groups is 1. The van der Waals surface area contributed by atoms with E-state index in [1.807, 2.05) is 0 Å². The summed E-state index contributed by atoms with van der Waals surface area (Å²) in [6, 6.07) is 4.62. The van der Waals surface area contributed by atoms with Crippen LogP contribution in [-0.4, -0.2) is 10.9 Å². The topological polar surface area (TPSA) is 20.2 Å². The molecule has 0 aliphatic heterocycles. The van der Waals surface area contributed by atoms with Gasteiger partial charge in [0.05, 0.1) is 6.10 Å². The van der Waals surface area contributed by atoms with Crippen LogP contribution in [0.1, 0.15) is 38.9 Å². The zero-order valence-electron chi connectivity index (χ0n) is 10.0. The molecule has 0 bridgehead atoms. The van der Waals surface area contributed by atoms with Crippen LogP contribution in [0.25, 0.3) is 0 Å². The van der Waals surface area contributed by atoms with Gasteiger partial charge in [0.15, 0.2) is 0 Å². The van der Waals surface area contributed by atoms with Crippen LogP contribution in [0.5, 0.6) is 0 Å². The van der Waals surface area contributed by atoms with Gasteiger partial charge in [0.2, 0.25) is 0 Å². The standard InChI is InChI=1S/C13H19FOS/c1-9(2)6-7-16-13-5-4-11(14)8-12(13)10(3)15/h4-5,8-10,15H,6-7H2,1-3H3/t10-/m0/s1. The Bertz CT molecular complexity index is 337. The van der Waals surface area contributed by atoms with E-state index in [0.717, 1.165) is 17.1 Å². The third-order valence-electron chi connectivity index (χ3n) is 2.37. The molecule has 3 heteroatoms. The lowest BCUT2D eigenvalue weighted by Crippen LogP contribution is -1.97. The van der Waals surface area contributed by atoms with Crippen molar-refractivity contribution in [1.29, 1.82) is 0 Å². The van der Waals surface area contributed by atoms with Crippen molar-refractivity contribution in [3.8, 4) is 0 Å². The van der Waals surface area contributed by atoms with Crippen LogP contribution < -0.4 is 0 Å². The van der Waals surface area contributed by atoms with Gasteiger partial charge in [-0.05, 0) is 48.8 Å². The highest BCUT2D eigenvalue weighted by molar-refractivity contribution is 7.99. The first-order valence-electron chi connectivity index (χ1n) is 5.61. The van der Waals surface area contributed by atoms with E-state index in [1.165, 1.54) is 12.1 Å². The van der Waals surface area contributed by atoms with Gasteiger partial charge in [0.25, 0.3) is 0 Å². The molecule has 0 fully saturated rings. The molecule has 0 heterocycles. The normalized spacial score (nSPS) is 13.1. The highest BCUT2D eigenvalue weighted by Crippen LogP contribution is 2.29. The van der Waals surface area contributed by atoms with Crippen LogP contribution in [0.2, 0.25) is 0 Å². The monoisotopic (exact) mass is 242 g/mol. The molecule has 1 rings (SSSR count). The summed E-state index contributed by atoms with van der Waals surface area (Å²) < 4.78 is 13.0. The number of hydrogen-bond donors (Lipinski definition) is 1. The Labute approximate surface area is 101 Å². The van der Waals surface area contributed by atoms with Crippen molar-refractivity contribution < 1.29 is 9.50 Å². The number of benzene rings is 1. The van der Waals surface area contributed by atoms with Crippen LogP contribution in [0.3, 0.4) is 0 Å². The fourth-order valence-corrected chi connectivity index (χ4v) is 2.75. The molecule has 1 atom stereocenters. The summed E-state index contributed by atoms with van der Waals surface area (Å²) in [5, 5.41) is 9.56. The number of halogens is 1. The molecule has 0 aliphatic carbocycles. The highest BCUT2D eigenvalue weighted by Gasteiger charge is 2.09. The molecule has 0 aromatic heterocycles. The molecule has 1 N–H and O–H groups in total. The predicted molar refractivity (Wildman–Crippen MR) is 67.2 cm³/mol. The van der Waals surface area contributed by atoms with Crippen molar-refractivity contribution in [2.24, 2.45) is 5.92 Å². The van der Waals surface area contributed by atoms with E-state index >= 15 is 0 Å². The fourth-order valence-electron chi connectivity index (χ4n) is 1.38. The Morgan fingerprint density at radius 3 is 2.56 bits per heavy atom. The van der Waals surface area contributed by atoms with Gasteiger partial charge in [-0.15, -0.1) is 11.8 Å². The second-order valence-electron chi connectivity index (χ2n) is 4.39. The third-order valence-corrected chi connectivity index (χ3v) is 3.50. The average Bonchev–Trinajstić information content (AvgIpc) is 2.19. The summed E-state index contributed by atoms with van der Waals surface area (Å²) in [7, 11) is 0. The molecule has 1 nitrogen and oxygen atoms in total. The smallest absolute Gasteiger partial charge is 0.123 e. The van der Waals surface area contributed by atoms with E-state index < -0.39 is 6.10 Å². The van der Waals surface area contributed by atoms with Crippen molar-refractivity contribution in [3.63, 3.8) is 0 Å². The summed E-state index contributed by atoms with van der Waals surface area (Å²) in [5.74, 6) is 1.38. The maximum absolute atomic E-state index is 13.0. The highest BCUT2D eigenvalue weighted by atomic mass is 32.2. The van der Waals surface area contributed by atoms with Gasteiger partial charge < -0.3 is 5.11 Å². The summed E-state index contributed by atoms with van der Waals surface area (Å²) >= 11 is 1.69. The van der Waals surface area contributed by atoms with Crippen LogP contribution in [0.15, 0.2) is 23.1 Å². The first-order valence-corrected chi connectivity index (χ1v) is 6.59. The number of aliphatic hydroxyl groups is 1. The summed E-state index contributed by atoms with van der Waals surface area (Å²) in [4.78, 5) is 0.983. The molecule has 0 radical (unpaired) electrons. The van der Waals surface area contributed by atoms with Crippen LogP contribution >= 0.6 is 11.8 Å². The molecule has 0 spiro atoms. The van der Waals surface area contributed by atoms with E-state index in [-0.39, 0.29) is 5.82 Å². The molecule has 90 valence electrons. The summed E-state index contributed by atoms with van der Waals surface area (Å²) in [5.41, 5.74) is 0.689. The van der Waals surface area contributed by atoms with Crippen molar-refractivity contribution in [2.75, 3.05) is 5.75 Å². The first kappa shape index (κ1) is 13.5. The van der Waals surface area contributed by atoms with E-state index in [0.29, 0.717) is 11.5 Å². The van der Waals surface area contributed by atoms with Crippen molar-refractivity contribution in [1.82, 2.24) is 0 Å². The summed E-state index contributed by atoms with van der Waals surface area (Å²) in [6.45, 7) is 6.03. The molecule has 0 saturated carbocycles. The molecule has 0 unspecified atom stereocenters. The zero-order valence-corrected chi connectivity index (χ0v) is 10.9.